The van der Waals surface area contributed by atoms with Gasteiger partial charge in [-0.05, 0) is 67.7 Å². The molecule has 162 valence electrons. The van der Waals surface area contributed by atoms with Crippen LogP contribution in [0, 0.1) is 0 Å². The third-order valence-corrected chi connectivity index (χ3v) is 4.23. The topological polar surface area (TPSA) is 88.1 Å². The first kappa shape index (κ1) is 23.0. The van der Waals surface area contributed by atoms with Crippen LogP contribution in [0.3, 0.4) is 0 Å². The first-order valence-corrected chi connectivity index (χ1v) is 10.1. The van der Waals surface area contributed by atoms with E-state index in [9.17, 15) is 14.4 Å². The van der Waals surface area contributed by atoms with Crippen molar-refractivity contribution in [2.45, 2.75) is 91.5 Å². The molecule has 2 aliphatic rings. The van der Waals surface area contributed by atoms with Gasteiger partial charge in [0, 0.05) is 12.0 Å². The molecule has 0 fully saturated rings. The summed E-state index contributed by atoms with van der Waals surface area (Å²) in [5.74, 6) is -1.63. The molecule has 7 heteroatoms. The van der Waals surface area contributed by atoms with Gasteiger partial charge in [0.1, 0.15) is 22.5 Å². The summed E-state index contributed by atoms with van der Waals surface area (Å²) in [6, 6.07) is 0. The van der Waals surface area contributed by atoms with Crippen LogP contribution >= 0.6 is 0 Å². The molecule has 2 rings (SSSR count). The van der Waals surface area contributed by atoms with Crippen molar-refractivity contribution >= 4 is 17.9 Å². The van der Waals surface area contributed by atoms with Crippen LogP contribution in [-0.2, 0) is 33.3 Å². The average Bonchev–Trinajstić information content (AvgIpc) is 2.57. The normalized spacial score (nSPS) is 19.9. The third kappa shape index (κ3) is 5.84. The summed E-state index contributed by atoms with van der Waals surface area (Å²) in [5.41, 5.74) is -1.05. The largest absolute Gasteiger partial charge is 0.478 e. The second-order valence-corrected chi connectivity index (χ2v) is 9.15. The lowest BCUT2D eigenvalue weighted by molar-refractivity contribution is -0.168. The van der Waals surface area contributed by atoms with Crippen LogP contribution < -0.4 is 0 Å². The zero-order chi connectivity index (χ0) is 22.0. The van der Waals surface area contributed by atoms with Gasteiger partial charge >= 0.3 is 17.9 Å². The highest BCUT2D eigenvalue weighted by atomic mass is 16.6. The molecule has 0 N–H and O–H groups in total. The van der Waals surface area contributed by atoms with Crippen molar-refractivity contribution in [1.82, 2.24) is 0 Å². The molecule has 1 unspecified atom stereocenters. The van der Waals surface area contributed by atoms with Crippen LogP contribution in [0.15, 0.2) is 22.5 Å². The summed E-state index contributed by atoms with van der Waals surface area (Å²) in [4.78, 5) is 38.9. The van der Waals surface area contributed by atoms with Gasteiger partial charge in [0.05, 0.1) is 12.2 Å². The molecule has 0 aromatic heterocycles. The van der Waals surface area contributed by atoms with Gasteiger partial charge in [0.2, 0.25) is 6.10 Å². The maximum absolute atomic E-state index is 13.1. The van der Waals surface area contributed by atoms with E-state index in [-0.39, 0.29) is 17.8 Å². The van der Waals surface area contributed by atoms with Gasteiger partial charge in [-0.1, -0.05) is 0 Å². The molecule has 1 aliphatic carbocycles. The van der Waals surface area contributed by atoms with E-state index in [4.69, 9.17) is 18.9 Å². The van der Waals surface area contributed by atoms with Crippen LogP contribution in [0.4, 0.5) is 0 Å². The number of ether oxygens (including phenoxy) is 4. The molecule has 0 aromatic rings. The fourth-order valence-electron chi connectivity index (χ4n) is 3.27. The second kappa shape index (κ2) is 8.59. The van der Waals surface area contributed by atoms with Gasteiger partial charge in [-0.3, -0.25) is 0 Å². The van der Waals surface area contributed by atoms with E-state index in [1.165, 1.54) is 0 Å². The van der Waals surface area contributed by atoms with Crippen molar-refractivity contribution in [1.29, 1.82) is 0 Å². The van der Waals surface area contributed by atoms with Crippen molar-refractivity contribution in [2.24, 2.45) is 0 Å². The predicted octanol–water partition coefficient (Wildman–Crippen LogP) is 3.76. The predicted molar refractivity (Wildman–Crippen MR) is 106 cm³/mol. The highest BCUT2D eigenvalue weighted by molar-refractivity contribution is 6.08. The Labute approximate surface area is 172 Å². The Morgan fingerprint density at radius 3 is 2.07 bits per heavy atom. The monoisotopic (exact) mass is 408 g/mol. The Balaban J connectivity index is 2.63. The van der Waals surface area contributed by atoms with Crippen molar-refractivity contribution < 1.29 is 33.3 Å². The lowest BCUT2D eigenvalue weighted by atomic mass is 9.85. The van der Waals surface area contributed by atoms with Gasteiger partial charge < -0.3 is 18.9 Å². The maximum atomic E-state index is 13.1. The van der Waals surface area contributed by atoms with Gasteiger partial charge in [-0.25, -0.2) is 14.4 Å². The van der Waals surface area contributed by atoms with E-state index < -0.39 is 35.2 Å². The fourth-order valence-corrected chi connectivity index (χ4v) is 3.27. The molecule has 0 saturated carbocycles. The molecular weight excluding hydrogens is 376 g/mol. The molecule has 0 bridgehead atoms. The Hall–Kier alpha value is -2.31. The quantitative estimate of drug-likeness (QED) is 0.517. The lowest BCUT2D eigenvalue weighted by Crippen LogP contribution is -2.42. The number of allylic oxidation sites excluding steroid dienone is 1. The van der Waals surface area contributed by atoms with Gasteiger partial charge in [0.25, 0.3) is 0 Å². The Kier molecular flexibility index (Phi) is 6.81. The Bertz CT molecular complexity index is 744. The maximum Gasteiger partial charge on any atom is 0.352 e. The molecule has 7 nitrogen and oxygen atoms in total. The summed E-state index contributed by atoms with van der Waals surface area (Å²) >= 11 is 0. The molecule has 0 radical (unpaired) electrons. The number of esters is 3. The molecule has 0 spiro atoms. The van der Waals surface area contributed by atoms with Crippen LogP contribution in [-0.4, -0.2) is 41.8 Å². The summed E-state index contributed by atoms with van der Waals surface area (Å²) in [6.45, 7) is 12.1. The third-order valence-electron chi connectivity index (χ3n) is 4.23. The minimum atomic E-state index is -1.37. The molecule has 29 heavy (non-hydrogen) atoms. The standard InChI is InChI=1S/C22H32O7/c1-8-26-18(23)15-13-11-9-10-12-14(13)27-17(20(25)29-22(5,6)7)16(15)19(24)28-21(2,3)4/h17H,8-12H2,1-7H3. The number of rotatable bonds is 4. The molecular formula is C22H32O7. The van der Waals surface area contributed by atoms with Crippen LogP contribution in [0.25, 0.3) is 0 Å². The first-order chi connectivity index (χ1) is 13.3. The number of hydrogen-bond acceptors (Lipinski definition) is 7. The SMILES string of the molecule is CCOC(=O)C1=C(C(=O)OC(C)(C)C)C(C(=O)OC(C)(C)C)OC2=C1CCCC2. The highest BCUT2D eigenvalue weighted by Crippen LogP contribution is 2.40. The highest BCUT2D eigenvalue weighted by Gasteiger charge is 2.45. The van der Waals surface area contributed by atoms with Crippen LogP contribution in [0.5, 0.6) is 0 Å². The van der Waals surface area contributed by atoms with Gasteiger partial charge in [-0.2, -0.15) is 0 Å². The first-order valence-electron chi connectivity index (χ1n) is 10.1. The molecule has 1 atom stereocenters. The van der Waals surface area contributed by atoms with Gasteiger partial charge in [-0.15, -0.1) is 0 Å². The molecule has 0 aromatic carbocycles. The minimum Gasteiger partial charge on any atom is -0.478 e. The van der Waals surface area contributed by atoms with Crippen molar-refractivity contribution in [3.63, 3.8) is 0 Å². The summed E-state index contributed by atoms with van der Waals surface area (Å²) < 4.78 is 22.2. The fraction of sp³-hybridized carbons (Fsp3) is 0.682. The van der Waals surface area contributed by atoms with Crippen LogP contribution in [0.2, 0.25) is 0 Å². The summed E-state index contributed by atoms with van der Waals surface area (Å²) in [7, 11) is 0. The van der Waals surface area contributed by atoms with E-state index in [1.807, 2.05) is 0 Å². The van der Waals surface area contributed by atoms with Crippen LogP contribution in [0.1, 0.15) is 74.1 Å². The zero-order valence-electron chi connectivity index (χ0n) is 18.5. The zero-order valence-corrected chi connectivity index (χ0v) is 18.5. The van der Waals surface area contributed by atoms with E-state index >= 15 is 0 Å². The Morgan fingerprint density at radius 1 is 0.931 bits per heavy atom. The van der Waals surface area contributed by atoms with Gasteiger partial charge in [0.15, 0.2) is 0 Å². The molecule has 1 aliphatic heterocycles. The van der Waals surface area contributed by atoms with Crippen molar-refractivity contribution in [3.05, 3.63) is 22.5 Å². The number of hydrogen-bond donors (Lipinski definition) is 0. The molecule has 1 heterocycles. The summed E-state index contributed by atoms with van der Waals surface area (Å²) in [5, 5.41) is 0. The molecule has 0 saturated heterocycles. The second-order valence-electron chi connectivity index (χ2n) is 9.15. The average molecular weight is 408 g/mol. The van der Waals surface area contributed by atoms with Crippen molar-refractivity contribution in [2.75, 3.05) is 6.61 Å². The smallest absolute Gasteiger partial charge is 0.352 e. The Morgan fingerprint density at radius 2 is 1.52 bits per heavy atom. The van der Waals surface area contributed by atoms with Crippen molar-refractivity contribution in [3.8, 4) is 0 Å². The van der Waals surface area contributed by atoms with E-state index in [2.05, 4.69) is 0 Å². The number of carbonyl (C=O) groups excluding carboxylic acids is 3. The molecule has 0 amide bonds. The minimum absolute atomic E-state index is 0.0814. The summed E-state index contributed by atoms with van der Waals surface area (Å²) in [6.07, 6.45) is 1.50. The lowest BCUT2D eigenvalue weighted by Gasteiger charge is -2.34. The van der Waals surface area contributed by atoms with E-state index in [0.717, 1.165) is 12.8 Å². The van der Waals surface area contributed by atoms with E-state index in [1.54, 1.807) is 48.5 Å². The van der Waals surface area contributed by atoms with E-state index in [0.29, 0.717) is 24.2 Å². The number of carbonyl (C=O) groups is 3.